The van der Waals surface area contributed by atoms with Crippen molar-refractivity contribution < 1.29 is 4.79 Å². The highest BCUT2D eigenvalue weighted by atomic mass is 16.2. The molecule has 1 aromatic rings. The molecule has 3 N–H and O–H groups in total. The molecule has 0 aliphatic carbocycles. The van der Waals surface area contributed by atoms with Crippen molar-refractivity contribution in [3.05, 3.63) is 35.9 Å². The highest BCUT2D eigenvalue weighted by Crippen LogP contribution is 2.01. The third-order valence-corrected chi connectivity index (χ3v) is 3.08. The Morgan fingerprint density at radius 3 is 2.55 bits per heavy atom. The second kappa shape index (κ2) is 9.50. The minimum absolute atomic E-state index is 0.0835. The van der Waals surface area contributed by atoms with Crippen LogP contribution in [0.2, 0.25) is 0 Å². The number of carbonyl (C=O) groups excluding carboxylic acids is 1. The lowest BCUT2D eigenvalue weighted by molar-refractivity contribution is -0.122. The molecule has 0 spiro atoms. The maximum Gasteiger partial charge on any atom is 0.234 e. The van der Waals surface area contributed by atoms with Gasteiger partial charge in [-0.25, -0.2) is 0 Å². The van der Waals surface area contributed by atoms with E-state index in [1.54, 1.807) is 0 Å². The normalized spacial score (nSPS) is 11.1. The minimum atomic E-state index is 0.0835. The van der Waals surface area contributed by atoms with Gasteiger partial charge >= 0.3 is 0 Å². The number of hydrogen-bond acceptors (Lipinski definition) is 3. The van der Waals surface area contributed by atoms with Gasteiger partial charge in [-0.1, -0.05) is 44.2 Å². The lowest BCUT2D eigenvalue weighted by Crippen LogP contribution is -2.41. The maximum absolute atomic E-state index is 11.9. The standard InChI is InChI=1S/C16H27N3O/c1-14(2)12-18-16(20)13-19(11-9-17)10-8-15-6-4-3-5-7-15/h3-7,14H,8-13,17H2,1-2H3,(H,18,20). The first-order valence-corrected chi connectivity index (χ1v) is 7.35. The number of benzene rings is 1. The molecule has 4 nitrogen and oxygen atoms in total. The van der Waals surface area contributed by atoms with Crippen molar-refractivity contribution in [1.82, 2.24) is 10.2 Å². The molecular weight excluding hydrogens is 250 g/mol. The molecule has 1 amide bonds. The second-order valence-electron chi connectivity index (χ2n) is 5.50. The Bertz CT molecular complexity index is 379. The summed E-state index contributed by atoms with van der Waals surface area (Å²) < 4.78 is 0. The number of nitrogens with two attached hydrogens (primary N) is 1. The number of amides is 1. The first-order valence-electron chi connectivity index (χ1n) is 7.35. The Kier molecular flexibility index (Phi) is 7.92. The van der Waals surface area contributed by atoms with Gasteiger partial charge in [0.2, 0.25) is 5.91 Å². The van der Waals surface area contributed by atoms with Gasteiger partial charge in [0.1, 0.15) is 0 Å². The molecule has 0 saturated heterocycles. The lowest BCUT2D eigenvalue weighted by atomic mass is 10.1. The molecule has 0 heterocycles. The first kappa shape index (κ1) is 16.7. The quantitative estimate of drug-likeness (QED) is 0.714. The van der Waals surface area contributed by atoms with E-state index in [0.29, 0.717) is 19.0 Å². The molecule has 1 aromatic carbocycles. The molecule has 0 aromatic heterocycles. The summed E-state index contributed by atoms with van der Waals surface area (Å²) in [6.07, 6.45) is 0.943. The summed E-state index contributed by atoms with van der Waals surface area (Å²) in [5, 5.41) is 2.95. The highest BCUT2D eigenvalue weighted by Gasteiger charge is 2.10. The smallest absolute Gasteiger partial charge is 0.234 e. The largest absolute Gasteiger partial charge is 0.355 e. The second-order valence-corrected chi connectivity index (χ2v) is 5.50. The van der Waals surface area contributed by atoms with Crippen molar-refractivity contribution in [1.29, 1.82) is 0 Å². The van der Waals surface area contributed by atoms with Crippen molar-refractivity contribution in [3.63, 3.8) is 0 Å². The number of carbonyl (C=O) groups is 1. The summed E-state index contributed by atoms with van der Waals surface area (Å²) in [6.45, 7) is 7.52. The van der Waals surface area contributed by atoms with Gasteiger partial charge < -0.3 is 11.1 Å². The molecule has 0 bridgehead atoms. The zero-order valence-corrected chi connectivity index (χ0v) is 12.6. The Hall–Kier alpha value is -1.39. The molecule has 0 aliphatic rings. The van der Waals surface area contributed by atoms with E-state index in [1.165, 1.54) is 5.56 Å². The topological polar surface area (TPSA) is 58.4 Å². The van der Waals surface area contributed by atoms with Crippen molar-refractivity contribution in [3.8, 4) is 0 Å². The van der Waals surface area contributed by atoms with Crippen molar-refractivity contribution in [2.45, 2.75) is 20.3 Å². The van der Waals surface area contributed by atoms with Crippen molar-refractivity contribution in [2.24, 2.45) is 11.7 Å². The third-order valence-electron chi connectivity index (χ3n) is 3.08. The fourth-order valence-electron chi connectivity index (χ4n) is 1.96. The van der Waals surface area contributed by atoms with E-state index in [9.17, 15) is 4.79 Å². The maximum atomic E-state index is 11.9. The van der Waals surface area contributed by atoms with Gasteiger partial charge in [-0.2, -0.15) is 0 Å². The van der Waals surface area contributed by atoms with Crippen molar-refractivity contribution >= 4 is 5.91 Å². The summed E-state index contributed by atoms with van der Waals surface area (Å²) in [4.78, 5) is 14.0. The van der Waals surface area contributed by atoms with Crippen LogP contribution in [0.25, 0.3) is 0 Å². The van der Waals surface area contributed by atoms with Gasteiger partial charge in [0.05, 0.1) is 6.54 Å². The van der Waals surface area contributed by atoms with Gasteiger partial charge in [0.15, 0.2) is 0 Å². The molecule has 20 heavy (non-hydrogen) atoms. The average molecular weight is 277 g/mol. The highest BCUT2D eigenvalue weighted by molar-refractivity contribution is 5.77. The molecule has 1 rings (SSSR count). The van der Waals surface area contributed by atoms with Gasteiger partial charge in [-0.15, -0.1) is 0 Å². The Morgan fingerprint density at radius 1 is 1.25 bits per heavy atom. The van der Waals surface area contributed by atoms with E-state index in [1.807, 2.05) is 18.2 Å². The molecule has 0 fully saturated rings. The SMILES string of the molecule is CC(C)CNC(=O)CN(CCN)CCc1ccccc1. The molecule has 0 radical (unpaired) electrons. The van der Waals surface area contributed by atoms with Crippen LogP contribution in [0.3, 0.4) is 0 Å². The van der Waals surface area contributed by atoms with Gasteiger partial charge in [-0.05, 0) is 17.9 Å². The van der Waals surface area contributed by atoms with Crippen LogP contribution in [0, 0.1) is 5.92 Å². The number of rotatable bonds is 9. The summed E-state index contributed by atoms with van der Waals surface area (Å²) in [5.74, 6) is 0.562. The van der Waals surface area contributed by atoms with Crippen LogP contribution < -0.4 is 11.1 Å². The summed E-state index contributed by atoms with van der Waals surface area (Å²) in [5.41, 5.74) is 6.91. The van der Waals surface area contributed by atoms with Crippen LogP contribution in [-0.2, 0) is 11.2 Å². The molecule has 0 unspecified atom stereocenters. The minimum Gasteiger partial charge on any atom is -0.355 e. The van der Waals surface area contributed by atoms with Crippen LogP contribution in [-0.4, -0.2) is 43.5 Å². The summed E-state index contributed by atoms with van der Waals surface area (Å²) >= 11 is 0. The van der Waals surface area contributed by atoms with Crippen LogP contribution in [0.5, 0.6) is 0 Å². The van der Waals surface area contributed by atoms with E-state index in [-0.39, 0.29) is 5.91 Å². The zero-order chi connectivity index (χ0) is 14.8. The predicted octanol–water partition coefficient (Wildman–Crippen LogP) is 1.26. The van der Waals surface area contributed by atoms with Crippen LogP contribution in [0.1, 0.15) is 19.4 Å². The van der Waals surface area contributed by atoms with Gasteiger partial charge in [0, 0.05) is 26.2 Å². The molecular formula is C16H27N3O. The first-order chi connectivity index (χ1) is 9.61. The fourth-order valence-corrected chi connectivity index (χ4v) is 1.96. The van der Waals surface area contributed by atoms with Crippen LogP contribution in [0.4, 0.5) is 0 Å². The van der Waals surface area contributed by atoms with Crippen molar-refractivity contribution in [2.75, 3.05) is 32.7 Å². The fraction of sp³-hybridized carbons (Fsp3) is 0.562. The number of nitrogens with zero attached hydrogens (tertiary/aromatic N) is 1. The zero-order valence-electron chi connectivity index (χ0n) is 12.6. The van der Waals surface area contributed by atoms with E-state index in [2.05, 4.69) is 36.2 Å². The Morgan fingerprint density at radius 2 is 1.95 bits per heavy atom. The third kappa shape index (κ3) is 7.26. The lowest BCUT2D eigenvalue weighted by Gasteiger charge is -2.21. The Balaban J connectivity index is 2.37. The molecule has 112 valence electrons. The Labute approximate surface area is 122 Å². The van der Waals surface area contributed by atoms with E-state index in [4.69, 9.17) is 5.73 Å². The van der Waals surface area contributed by atoms with Crippen LogP contribution in [0.15, 0.2) is 30.3 Å². The monoisotopic (exact) mass is 277 g/mol. The summed E-state index contributed by atoms with van der Waals surface area (Å²) in [7, 11) is 0. The van der Waals surface area contributed by atoms with E-state index in [0.717, 1.165) is 26.1 Å². The van der Waals surface area contributed by atoms with E-state index >= 15 is 0 Å². The number of nitrogens with one attached hydrogen (secondary N) is 1. The van der Waals surface area contributed by atoms with E-state index < -0.39 is 0 Å². The molecule has 0 atom stereocenters. The summed E-state index contributed by atoms with van der Waals surface area (Å²) in [6, 6.07) is 10.3. The predicted molar refractivity (Wildman–Crippen MR) is 83.5 cm³/mol. The van der Waals surface area contributed by atoms with Gasteiger partial charge in [-0.3, -0.25) is 9.69 Å². The van der Waals surface area contributed by atoms with Gasteiger partial charge in [0.25, 0.3) is 0 Å². The average Bonchev–Trinajstić information content (AvgIpc) is 2.44. The number of hydrogen-bond donors (Lipinski definition) is 2. The molecule has 0 aliphatic heterocycles. The molecule has 0 saturated carbocycles. The van der Waals surface area contributed by atoms with Crippen LogP contribution >= 0.6 is 0 Å². The molecule has 4 heteroatoms.